The molecule has 0 spiro atoms. The van der Waals surface area contributed by atoms with Gasteiger partial charge in [-0.2, -0.15) is 0 Å². The third-order valence-corrected chi connectivity index (χ3v) is 7.58. The van der Waals surface area contributed by atoms with E-state index in [-0.39, 0.29) is 5.91 Å². The summed E-state index contributed by atoms with van der Waals surface area (Å²) in [4.78, 5) is 20.8. The van der Waals surface area contributed by atoms with Crippen LogP contribution in [0, 0.1) is 5.92 Å². The van der Waals surface area contributed by atoms with Crippen LogP contribution in [0.25, 0.3) is 9.88 Å². The molecule has 4 rings (SSSR count). The van der Waals surface area contributed by atoms with E-state index in [0.717, 1.165) is 40.7 Å². The number of methoxy groups -OCH3 is 1. The third kappa shape index (κ3) is 4.91. The summed E-state index contributed by atoms with van der Waals surface area (Å²) < 4.78 is 5.30. The number of hydrogen-bond acceptors (Lipinski definition) is 6. The van der Waals surface area contributed by atoms with Gasteiger partial charge in [0.2, 0.25) is 5.91 Å². The van der Waals surface area contributed by atoms with Crippen molar-refractivity contribution in [2.24, 2.45) is 5.92 Å². The van der Waals surface area contributed by atoms with E-state index in [0.29, 0.717) is 24.9 Å². The summed E-state index contributed by atoms with van der Waals surface area (Å²) in [7, 11) is 3.86. The van der Waals surface area contributed by atoms with E-state index in [1.807, 2.05) is 29.0 Å². The summed E-state index contributed by atoms with van der Waals surface area (Å²) in [5, 5.41) is 8.19. The smallest absolute Gasteiger partial charge is 0.226 e. The van der Waals surface area contributed by atoms with Gasteiger partial charge in [0.15, 0.2) is 0 Å². The van der Waals surface area contributed by atoms with E-state index in [9.17, 15) is 4.79 Å². The fraction of sp³-hybridized carbons (Fsp3) is 0.391. The normalized spacial score (nSPS) is 19.5. The molecule has 0 aliphatic carbocycles. The molecule has 30 heavy (non-hydrogen) atoms. The van der Waals surface area contributed by atoms with Crippen LogP contribution in [0.3, 0.4) is 0 Å². The molecule has 0 bridgehead atoms. The lowest BCUT2D eigenvalue weighted by Crippen LogP contribution is -2.42. The number of carbonyl (C=O) groups excluding carboxylic acids is 1. The molecule has 3 aromatic rings. The van der Waals surface area contributed by atoms with Crippen LogP contribution in [0.2, 0.25) is 0 Å². The standard InChI is InChI=1S/C23H27N3O2S2/c1-26-11-3-5-17(22(26)16-7-9-19(28-2)10-8-16)14-24-21(27)13-18-15-30-23(25-18)20-6-4-12-29-20/h4,6-10,12,15,17,22H,3,5,11,13-14H2,1-2H3,(H,24,27). The van der Waals surface area contributed by atoms with Crippen molar-refractivity contribution >= 4 is 28.6 Å². The van der Waals surface area contributed by atoms with E-state index in [1.54, 1.807) is 29.8 Å². The van der Waals surface area contributed by atoms with Crippen LogP contribution < -0.4 is 10.1 Å². The maximum Gasteiger partial charge on any atom is 0.226 e. The van der Waals surface area contributed by atoms with Gasteiger partial charge in [0.05, 0.1) is 24.1 Å². The first kappa shape index (κ1) is 21.0. The average Bonchev–Trinajstić information content (AvgIpc) is 3.44. The number of carbonyl (C=O) groups is 1. The lowest BCUT2D eigenvalue weighted by molar-refractivity contribution is -0.120. The lowest BCUT2D eigenvalue weighted by atomic mass is 9.85. The van der Waals surface area contributed by atoms with Gasteiger partial charge in [0.25, 0.3) is 0 Å². The van der Waals surface area contributed by atoms with Gasteiger partial charge in [0, 0.05) is 18.0 Å². The van der Waals surface area contributed by atoms with Crippen molar-refractivity contribution < 1.29 is 9.53 Å². The fourth-order valence-corrected chi connectivity index (χ4v) is 5.81. The molecule has 1 aliphatic rings. The average molecular weight is 442 g/mol. The van der Waals surface area contributed by atoms with Gasteiger partial charge in [-0.3, -0.25) is 9.69 Å². The minimum atomic E-state index is 0.0414. The minimum Gasteiger partial charge on any atom is -0.497 e. The number of ether oxygens (including phenoxy) is 1. The number of amides is 1. The monoisotopic (exact) mass is 441 g/mol. The first-order valence-corrected chi connectivity index (χ1v) is 12.0. The van der Waals surface area contributed by atoms with Crippen LogP contribution in [0.15, 0.2) is 47.2 Å². The van der Waals surface area contributed by atoms with Crippen LogP contribution >= 0.6 is 22.7 Å². The maximum absolute atomic E-state index is 12.6. The van der Waals surface area contributed by atoms with Gasteiger partial charge < -0.3 is 10.1 Å². The van der Waals surface area contributed by atoms with Gasteiger partial charge in [-0.15, -0.1) is 22.7 Å². The fourth-order valence-electron chi connectivity index (χ4n) is 4.17. The first-order chi connectivity index (χ1) is 14.6. The van der Waals surface area contributed by atoms with Crippen molar-refractivity contribution in [1.29, 1.82) is 0 Å². The zero-order valence-electron chi connectivity index (χ0n) is 17.3. The molecule has 3 heterocycles. The van der Waals surface area contributed by atoms with Crippen LogP contribution in [0.1, 0.15) is 30.1 Å². The molecular formula is C23H27N3O2S2. The molecule has 1 aliphatic heterocycles. The Balaban J connectivity index is 1.36. The Morgan fingerprint density at radius 3 is 2.83 bits per heavy atom. The SMILES string of the molecule is COc1ccc(C2C(CNC(=O)Cc3csc(-c4cccs4)n3)CCCN2C)cc1. The molecule has 2 aromatic heterocycles. The van der Waals surface area contributed by atoms with Crippen molar-refractivity contribution in [2.45, 2.75) is 25.3 Å². The largest absolute Gasteiger partial charge is 0.497 e. The summed E-state index contributed by atoms with van der Waals surface area (Å²) in [6.07, 6.45) is 2.60. The lowest BCUT2D eigenvalue weighted by Gasteiger charge is -2.39. The van der Waals surface area contributed by atoms with Crippen LogP contribution in [0.5, 0.6) is 5.75 Å². The van der Waals surface area contributed by atoms with Gasteiger partial charge in [-0.05, 0) is 61.5 Å². The second-order valence-corrected chi connectivity index (χ2v) is 9.51. The number of benzene rings is 1. The van der Waals surface area contributed by atoms with E-state index >= 15 is 0 Å². The highest BCUT2D eigenvalue weighted by atomic mass is 32.1. The van der Waals surface area contributed by atoms with E-state index in [1.165, 1.54) is 5.56 Å². The van der Waals surface area contributed by atoms with Gasteiger partial charge in [0.1, 0.15) is 10.8 Å². The summed E-state index contributed by atoms with van der Waals surface area (Å²) >= 11 is 3.27. The van der Waals surface area contributed by atoms with Crippen LogP contribution in [0.4, 0.5) is 0 Å². The Bertz CT molecular complexity index is 953. The number of thiophene rings is 1. The van der Waals surface area contributed by atoms with E-state index < -0.39 is 0 Å². The molecule has 5 nitrogen and oxygen atoms in total. The zero-order chi connectivity index (χ0) is 20.9. The summed E-state index contributed by atoms with van der Waals surface area (Å²) in [6.45, 7) is 1.76. The Labute approximate surface area is 185 Å². The second kappa shape index (κ2) is 9.73. The highest BCUT2D eigenvalue weighted by Crippen LogP contribution is 2.35. The second-order valence-electron chi connectivity index (χ2n) is 7.70. The predicted molar refractivity (Wildman–Crippen MR) is 123 cm³/mol. The molecule has 158 valence electrons. The van der Waals surface area contributed by atoms with Crippen molar-refractivity contribution in [3.63, 3.8) is 0 Å². The number of nitrogens with zero attached hydrogens (tertiary/aromatic N) is 2. The van der Waals surface area contributed by atoms with Crippen molar-refractivity contribution in [1.82, 2.24) is 15.2 Å². The molecule has 7 heteroatoms. The van der Waals surface area contributed by atoms with Crippen LogP contribution in [-0.4, -0.2) is 43.0 Å². The summed E-state index contributed by atoms with van der Waals surface area (Å²) in [5.74, 6) is 1.30. The third-order valence-electron chi connectivity index (χ3n) is 5.65. The molecule has 1 aromatic carbocycles. The molecule has 0 saturated carbocycles. The van der Waals surface area contributed by atoms with Crippen molar-refractivity contribution in [3.8, 4) is 15.6 Å². The topological polar surface area (TPSA) is 54.5 Å². The molecule has 2 atom stereocenters. The number of thiazole rings is 1. The molecule has 1 amide bonds. The number of rotatable bonds is 7. The Morgan fingerprint density at radius 2 is 2.10 bits per heavy atom. The van der Waals surface area contributed by atoms with Gasteiger partial charge >= 0.3 is 0 Å². The Kier molecular flexibility index (Phi) is 6.82. The molecule has 2 unspecified atom stereocenters. The quantitative estimate of drug-likeness (QED) is 0.581. The number of nitrogens with one attached hydrogen (secondary N) is 1. The maximum atomic E-state index is 12.6. The Hall–Kier alpha value is -2.22. The molecular weight excluding hydrogens is 414 g/mol. The molecule has 0 radical (unpaired) electrons. The highest BCUT2D eigenvalue weighted by molar-refractivity contribution is 7.20. The molecule has 1 N–H and O–H groups in total. The first-order valence-electron chi connectivity index (χ1n) is 10.2. The van der Waals surface area contributed by atoms with Crippen molar-refractivity contribution in [3.05, 3.63) is 58.4 Å². The minimum absolute atomic E-state index is 0.0414. The van der Waals surface area contributed by atoms with Gasteiger partial charge in [-0.25, -0.2) is 4.98 Å². The van der Waals surface area contributed by atoms with Crippen molar-refractivity contribution in [2.75, 3.05) is 27.2 Å². The number of likely N-dealkylation sites (tertiary alicyclic amines) is 1. The highest BCUT2D eigenvalue weighted by Gasteiger charge is 2.30. The number of hydrogen-bond donors (Lipinski definition) is 1. The predicted octanol–water partition coefficient (Wildman–Crippen LogP) is 4.62. The number of aromatic nitrogens is 1. The van der Waals surface area contributed by atoms with Crippen LogP contribution in [-0.2, 0) is 11.2 Å². The van der Waals surface area contributed by atoms with E-state index in [2.05, 4.69) is 40.4 Å². The summed E-state index contributed by atoms with van der Waals surface area (Å²) in [6, 6.07) is 12.7. The molecule has 1 fully saturated rings. The summed E-state index contributed by atoms with van der Waals surface area (Å²) in [5.41, 5.74) is 2.12. The zero-order valence-corrected chi connectivity index (χ0v) is 19.0. The van der Waals surface area contributed by atoms with Gasteiger partial charge in [-0.1, -0.05) is 18.2 Å². The van der Waals surface area contributed by atoms with E-state index in [4.69, 9.17) is 4.74 Å². The number of piperidine rings is 1. The Morgan fingerprint density at radius 1 is 1.27 bits per heavy atom. The molecule has 1 saturated heterocycles.